The smallest absolute Gasteiger partial charge is 0.417 e. The molecule has 0 amide bonds. The maximum absolute atomic E-state index is 13.1. The van der Waals surface area contributed by atoms with Crippen molar-refractivity contribution in [1.82, 2.24) is 0 Å². The summed E-state index contributed by atoms with van der Waals surface area (Å²) in [7, 11) is 0. The lowest BCUT2D eigenvalue weighted by Crippen LogP contribution is -2.11. The third-order valence-corrected chi connectivity index (χ3v) is 4.49. The van der Waals surface area contributed by atoms with Crippen molar-refractivity contribution in [2.24, 2.45) is 0 Å². The van der Waals surface area contributed by atoms with Crippen molar-refractivity contribution in [3.8, 4) is 16.9 Å². The molecule has 29 heavy (non-hydrogen) atoms. The van der Waals surface area contributed by atoms with E-state index in [2.05, 4.69) is 0 Å². The van der Waals surface area contributed by atoms with Gasteiger partial charge in [-0.15, -0.1) is 0 Å². The molecule has 1 aromatic heterocycles. The van der Waals surface area contributed by atoms with Crippen molar-refractivity contribution in [1.29, 1.82) is 0 Å². The molecule has 0 saturated heterocycles. The minimum atomic E-state index is -4.64. The van der Waals surface area contributed by atoms with Gasteiger partial charge in [-0.3, -0.25) is 0 Å². The average Bonchev–Trinajstić information content (AvgIpc) is 2.71. The van der Waals surface area contributed by atoms with Crippen molar-refractivity contribution < 1.29 is 22.3 Å². The standard InChI is InChI=1S/C23H15F3O3/c24-23(25,26)20-13-22(27)29-21-12-18(10-11-19(20)21)28-14-15-6-8-17(9-7-15)16-4-2-1-3-5-16/h1-13H,14H2. The second-order valence-corrected chi connectivity index (χ2v) is 6.49. The summed E-state index contributed by atoms with van der Waals surface area (Å²) in [5.41, 5.74) is 0.828. The Morgan fingerprint density at radius 2 is 1.52 bits per heavy atom. The van der Waals surface area contributed by atoms with Gasteiger partial charge in [0.25, 0.3) is 0 Å². The minimum Gasteiger partial charge on any atom is -0.489 e. The summed E-state index contributed by atoms with van der Waals surface area (Å²) in [5, 5.41) is -0.184. The summed E-state index contributed by atoms with van der Waals surface area (Å²) in [6, 6.07) is 22.1. The molecule has 0 aliphatic carbocycles. The van der Waals surface area contributed by atoms with Gasteiger partial charge in [0.05, 0.1) is 5.56 Å². The van der Waals surface area contributed by atoms with Crippen LogP contribution < -0.4 is 10.4 Å². The zero-order chi connectivity index (χ0) is 20.4. The van der Waals surface area contributed by atoms with Gasteiger partial charge in [0.15, 0.2) is 0 Å². The molecule has 4 rings (SSSR count). The predicted molar refractivity (Wildman–Crippen MR) is 104 cm³/mol. The zero-order valence-corrected chi connectivity index (χ0v) is 15.1. The molecule has 0 N–H and O–H groups in total. The van der Waals surface area contributed by atoms with Gasteiger partial charge in [-0.05, 0) is 28.8 Å². The summed E-state index contributed by atoms with van der Waals surface area (Å²) < 4.78 is 49.9. The van der Waals surface area contributed by atoms with Crippen molar-refractivity contribution in [3.63, 3.8) is 0 Å². The molecule has 6 heteroatoms. The summed E-state index contributed by atoms with van der Waals surface area (Å²) in [5.74, 6) is 0.312. The van der Waals surface area contributed by atoms with Crippen molar-refractivity contribution in [2.45, 2.75) is 12.8 Å². The van der Waals surface area contributed by atoms with Crippen molar-refractivity contribution >= 4 is 11.0 Å². The Morgan fingerprint density at radius 3 is 2.21 bits per heavy atom. The molecule has 3 nitrogen and oxygen atoms in total. The van der Waals surface area contributed by atoms with Crippen LogP contribution >= 0.6 is 0 Å². The molecular formula is C23H15F3O3. The SMILES string of the molecule is O=c1cc(C(F)(F)F)c2ccc(OCc3ccc(-c4ccccc4)cc3)cc2o1. The summed E-state index contributed by atoms with van der Waals surface area (Å²) >= 11 is 0. The van der Waals surface area contributed by atoms with Gasteiger partial charge in [-0.2, -0.15) is 13.2 Å². The third-order valence-electron chi connectivity index (χ3n) is 4.49. The Labute approximate surface area is 164 Å². The summed E-state index contributed by atoms with van der Waals surface area (Å²) in [6.45, 7) is 0.226. The van der Waals surface area contributed by atoms with Crippen LogP contribution in [0.2, 0.25) is 0 Å². The Bertz CT molecular complexity index is 1190. The van der Waals surface area contributed by atoms with E-state index in [9.17, 15) is 18.0 Å². The average molecular weight is 396 g/mol. The highest BCUT2D eigenvalue weighted by atomic mass is 19.4. The van der Waals surface area contributed by atoms with Crippen LogP contribution in [-0.2, 0) is 12.8 Å². The molecule has 146 valence electrons. The monoisotopic (exact) mass is 396 g/mol. The Balaban J connectivity index is 1.53. The number of halogens is 3. The minimum absolute atomic E-state index is 0.165. The Hall–Kier alpha value is -3.54. The first-order valence-corrected chi connectivity index (χ1v) is 8.82. The zero-order valence-electron chi connectivity index (χ0n) is 15.1. The highest BCUT2D eigenvalue weighted by Crippen LogP contribution is 2.35. The lowest BCUT2D eigenvalue weighted by Gasteiger charge is -2.11. The van der Waals surface area contributed by atoms with Gasteiger partial charge >= 0.3 is 11.8 Å². The quantitative estimate of drug-likeness (QED) is 0.394. The van der Waals surface area contributed by atoms with Crippen LogP contribution in [0, 0.1) is 0 Å². The molecule has 0 fully saturated rings. The first-order chi connectivity index (χ1) is 13.9. The number of hydrogen-bond acceptors (Lipinski definition) is 3. The van der Waals surface area contributed by atoms with E-state index in [1.165, 1.54) is 18.2 Å². The van der Waals surface area contributed by atoms with E-state index in [0.29, 0.717) is 11.8 Å². The summed E-state index contributed by atoms with van der Waals surface area (Å²) in [6.07, 6.45) is -4.64. The van der Waals surface area contributed by atoms with Crippen LogP contribution in [0.25, 0.3) is 22.1 Å². The highest BCUT2D eigenvalue weighted by molar-refractivity contribution is 5.82. The molecule has 0 aliphatic rings. The van der Waals surface area contributed by atoms with Crippen molar-refractivity contribution in [3.05, 3.63) is 100 Å². The van der Waals surface area contributed by atoms with Crippen LogP contribution in [0.3, 0.4) is 0 Å². The third kappa shape index (κ3) is 4.16. The number of alkyl halides is 3. The predicted octanol–water partition coefficient (Wildman–Crippen LogP) is 6.06. The molecule has 0 bridgehead atoms. The molecule has 0 unspecified atom stereocenters. The second kappa shape index (κ2) is 7.47. The topological polar surface area (TPSA) is 39.4 Å². The van der Waals surface area contributed by atoms with E-state index in [1.54, 1.807) is 0 Å². The van der Waals surface area contributed by atoms with Crippen LogP contribution in [0.5, 0.6) is 5.75 Å². The fourth-order valence-corrected chi connectivity index (χ4v) is 3.06. The summed E-state index contributed by atoms with van der Waals surface area (Å²) in [4.78, 5) is 11.5. The van der Waals surface area contributed by atoms with E-state index in [1.807, 2.05) is 54.6 Å². The Kier molecular flexibility index (Phi) is 4.84. The van der Waals surface area contributed by atoms with Crippen LogP contribution in [-0.4, -0.2) is 0 Å². The van der Waals surface area contributed by atoms with Crippen LogP contribution in [0.4, 0.5) is 13.2 Å². The molecule has 1 heterocycles. The fraction of sp³-hybridized carbons (Fsp3) is 0.0870. The van der Waals surface area contributed by atoms with E-state index in [4.69, 9.17) is 9.15 Å². The van der Waals surface area contributed by atoms with Gasteiger partial charge in [-0.25, -0.2) is 4.79 Å². The molecule has 0 saturated carbocycles. The maximum Gasteiger partial charge on any atom is 0.417 e. The van der Waals surface area contributed by atoms with Gasteiger partial charge in [0.2, 0.25) is 0 Å². The van der Waals surface area contributed by atoms with Crippen LogP contribution in [0.1, 0.15) is 11.1 Å². The lowest BCUT2D eigenvalue weighted by molar-refractivity contribution is -0.136. The van der Waals surface area contributed by atoms with Crippen molar-refractivity contribution in [2.75, 3.05) is 0 Å². The fourth-order valence-electron chi connectivity index (χ4n) is 3.06. The molecule has 4 aromatic rings. The molecule has 0 aliphatic heterocycles. The van der Waals surface area contributed by atoms with E-state index >= 15 is 0 Å². The van der Waals surface area contributed by atoms with E-state index in [-0.39, 0.29) is 17.6 Å². The molecule has 0 atom stereocenters. The van der Waals surface area contributed by atoms with Gasteiger partial charge in [0.1, 0.15) is 17.9 Å². The van der Waals surface area contributed by atoms with Crippen LogP contribution in [0.15, 0.2) is 88.1 Å². The number of ether oxygens (including phenoxy) is 1. The second-order valence-electron chi connectivity index (χ2n) is 6.49. The number of benzene rings is 3. The van der Waals surface area contributed by atoms with Gasteiger partial charge in [0, 0.05) is 17.5 Å². The molecule has 0 radical (unpaired) electrons. The molecular weight excluding hydrogens is 381 g/mol. The Morgan fingerprint density at radius 1 is 0.828 bits per heavy atom. The number of fused-ring (bicyclic) bond motifs is 1. The highest BCUT2D eigenvalue weighted by Gasteiger charge is 2.33. The normalized spacial score (nSPS) is 11.6. The maximum atomic E-state index is 13.1. The number of hydrogen-bond donors (Lipinski definition) is 0. The molecule has 3 aromatic carbocycles. The molecule has 0 spiro atoms. The first kappa shape index (κ1) is 18.8. The first-order valence-electron chi connectivity index (χ1n) is 8.82. The largest absolute Gasteiger partial charge is 0.489 e. The van der Waals surface area contributed by atoms with E-state index < -0.39 is 17.4 Å². The number of rotatable bonds is 4. The van der Waals surface area contributed by atoms with E-state index in [0.717, 1.165) is 16.7 Å². The van der Waals surface area contributed by atoms with Gasteiger partial charge in [-0.1, -0.05) is 54.6 Å². The van der Waals surface area contributed by atoms with Gasteiger partial charge < -0.3 is 9.15 Å². The lowest BCUT2D eigenvalue weighted by atomic mass is 10.0.